The van der Waals surface area contributed by atoms with Crippen LogP contribution in [-0.2, 0) is 6.42 Å². The summed E-state index contributed by atoms with van der Waals surface area (Å²) >= 11 is 0. The average molecular weight is 262 g/mol. The van der Waals surface area contributed by atoms with Crippen LogP contribution in [0, 0.1) is 5.92 Å². The smallest absolute Gasteiger partial charge is 0.137 e. The zero-order chi connectivity index (χ0) is 13.7. The second kappa shape index (κ2) is 6.73. The van der Waals surface area contributed by atoms with Crippen molar-refractivity contribution in [2.75, 3.05) is 23.7 Å². The number of hydrogen-bond donors (Lipinski definition) is 1. The monoisotopic (exact) mass is 262 g/mol. The number of nitrogens with two attached hydrogens (primary N) is 1. The van der Waals surface area contributed by atoms with Gasteiger partial charge in [0.1, 0.15) is 18.0 Å². The Balaban J connectivity index is 2.08. The van der Waals surface area contributed by atoms with Crippen molar-refractivity contribution in [3.8, 4) is 0 Å². The Morgan fingerprint density at radius 3 is 2.58 bits per heavy atom. The van der Waals surface area contributed by atoms with Crippen molar-refractivity contribution in [2.45, 2.75) is 52.4 Å². The van der Waals surface area contributed by atoms with E-state index in [9.17, 15) is 0 Å². The molecule has 1 fully saturated rings. The molecule has 0 unspecified atom stereocenters. The van der Waals surface area contributed by atoms with Gasteiger partial charge in [-0.15, -0.1) is 0 Å². The van der Waals surface area contributed by atoms with E-state index in [0.29, 0.717) is 5.82 Å². The summed E-state index contributed by atoms with van der Waals surface area (Å²) in [6.45, 7) is 6.66. The highest BCUT2D eigenvalue weighted by Gasteiger charge is 2.22. The van der Waals surface area contributed by atoms with E-state index in [1.807, 2.05) is 0 Å². The number of anilines is 2. The zero-order valence-electron chi connectivity index (χ0n) is 12.2. The molecule has 1 saturated heterocycles. The maximum atomic E-state index is 6.01. The molecule has 2 heterocycles. The fourth-order valence-corrected chi connectivity index (χ4v) is 3.02. The number of aromatic nitrogens is 2. The molecule has 2 rings (SSSR count). The Kier molecular flexibility index (Phi) is 5.00. The molecule has 0 atom stereocenters. The summed E-state index contributed by atoms with van der Waals surface area (Å²) in [5, 5.41) is 0. The molecule has 19 heavy (non-hydrogen) atoms. The molecule has 106 valence electrons. The lowest BCUT2D eigenvalue weighted by Crippen LogP contribution is -2.35. The fraction of sp³-hybridized carbons (Fsp3) is 0.733. The Bertz CT molecular complexity index is 397. The molecule has 2 N–H and O–H groups in total. The summed E-state index contributed by atoms with van der Waals surface area (Å²) in [6.07, 6.45) is 8.87. The minimum atomic E-state index is 0.655. The number of nitrogens with zero attached hydrogens (tertiary/aromatic N) is 3. The highest BCUT2D eigenvalue weighted by molar-refractivity contribution is 5.56. The minimum absolute atomic E-state index is 0.655. The largest absolute Gasteiger partial charge is 0.383 e. The van der Waals surface area contributed by atoms with Crippen LogP contribution < -0.4 is 10.6 Å². The molecule has 1 aromatic heterocycles. The predicted molar refractivity (Wildman–Crippen MR) is 80.3 cm³/mol. The Hall–Kier alpha value is -1.32. The zero-order valence-corrected chi connectivity index (χ0v) is 12.2. The number of rotatable bonds is 5. The van der Waals surface area contributed by atoms with Crippen molar-refractivity contribution >= 4 is 11.6 Å². The van der Waals surface area contributed by atoms with Gasteiger partial charge in [0.25, 0.3) is 0 Å². The molecule has 0 amide bonds. The molecule has 4 heteroatoms. The Labute approximate surface area is 116 Å². The second-order valence-electron chi connectivity index (χ2n) is 5.53. The average Bonchev–Trinajstić information content (AvgIpc) is 2.43. The summed E-state index contributed by atoms with van der Waals surface area (Å²) in [7, 11) is 0. The first-order chi connectivity index (χ1) is 9.26. The first-order valence-electron chi connectivity index (χ1n) is 7.60. The van der Waals surface area contributed by atoms with E-state index in [1.165, 1.54) is 25.7 Å². The second-order valence-corrected chi connectivity index (χ2v) is 5.53. The molecule has 1 aromatic rings. The standard InChI is InChI=1S/C15H26N4/c1-3-5-12-7-9-19(10-8-12)15-13(6-4-2)14(16)17-11-18-15/h11-12H,3-10H2,1-2H3,(H2,16,17,18). The van der Waals surface area contributed by atoms with Crippen molar-refractivity contribution in [3.63, 3.8) is 0 Å². The van der Waals surface area contributed by atoms with E-state index in [0.717, 1.165) is 43.2 Å². The molecule has 1 aliphatic rings. The molecule has 0 aromatic carbocycles. The molecule has 0 aliphatic carbocycles. The topological polar surface area (TPSA) is 55.0 Å². The van der Waals surface area contributed by atoms with E-state index < -0.39 is 0 Å². The summed E-state index contributed by atoms with van der Waals surface area (Å²) in [6, 6.07) is 0. The van der Waals surface area contributed by atoms with E-state index in [-0.39, 0.29) is 0 Å². The molecule has 0 spiro atoms. The summed E-state index contributed by atoms with van der Waals surface area (Å²) in [5.41, 5.74) is 7.15. The Morgan fingerprint density at radius 2 is 1.95 bits per heavy atom. The van der Waals surface area contributed by atoms with Crippen LogP contribution in [0.2, 0.25) is 0 Å². The number of piperidine rings is 1. The van der Waals surface area contributed by atoms with Gasteiger partial charge in [0.2, 0.25) is 0 Å². The van der Waals surface area contributed by atoms with Crippen LogP contribution in [0.3, 0.4) is 0 Å². The van der Waals surface area contributed by atoms with Gasteiger partial charge in [0.15, 0.2) is 0 Å². The lowest BCUT2D eigenvalue weighted by molar-refractivity contribution is 0.377. The molecular formula is C15H26N4. The van der Waals surface area contributed by atoms with Gasteiger partial charge in [-0.25, -0.2) is 9.97 Å². The SMILES string of the molecule is CCCc1c(N)ncnc1N1CCC(CCC)CC1. The van der Waals surface area contributed by atoms with Crippen LogP contribution in [0.4, 0.5) is 11.6 Å². The molecule has 0 bridgehead atoms. The van der Waals surface area contributed by atoms with Gasteiger partial charge in [0, 0.05) is 18.7 Å². The molecule has 0 radical (unpaired) electrons. The predicted octanol–water partition coefficient (Wildman–Crippen LogP) is 3.03. The lowest BCUT2D eigenvalue weighted by Gasteiger charge is -2.33. The third kappa shape index (κ3) is 3.37. The number of hydrogen-bond acceptors (Lipinski definition) is 4. The van der Waals surface area contributed by atoms with Crippen molar-refractivity contribution in [3.05, 3.63) is 11.9 Å². The van der Waals surface area contributed by atoms with Crippen molar-refractivity contribution < 1.29 is 0 Å². The third-order valence-corrected chi connectivity index (χ3v) is 4.07. The highest BCUT2D eigenvalue weighted by Crippen LogP contribution is 2.29. The van der Waals surface area contributed by atoms with E-state index >= 15 is 0 Å². The van der Waals surface area contributed by atoms with Crippen LogP contribution in [0.1, 0.15) is 51.5 Å². The van der Waals surface area contributed by atoms with Crippen LogP contribution in [0.25, 0.3) is 0 Å². The van der Waals surface area contributed by atoms with Crippen LogP contribution in [-0.4, -0.2) is 23.1 Å². The lowest BCUT2D eigenvalue weighted by atomic mass is 9.92. The van der Waals surface area contributed by atoms with Crippen molar-refractivity contribution in [2.24, 2.45) is 5.92 Å². The van der Waals surface area contributed by atoms with Gasteiger partial charge in [0.05, 0.1) is 0 Å². The Morgan fingerprint density at radius 1 is 1.21 bits per heavy atom. The van der Waals surface area contributed by atoms with Crippen LogP contribution >= 0.6 is 0 Å². The highest BCUT2D eigenvalue weighted by atomic mass is 15.2. The first kappa shape index (κ1) is 14.1. The van der Waals surface area contributed by atoms with Gasteiger partial charge < -0.3 is 10.6 Å². The van der Waals surface area contributed by atoms with Gasteiger partial charge in [-0.3, -0.25) is 0 Å². The van der Waals surface area contributed by atoms with Gasteiger partial charge in [-0.1, -0.05) is 33.1 Å². The summed E-state index contributed by atoms with van der Waals surface area (Å²) < 4.78 is 0. The van der Waals surface area contributed by atoms with E-state index in [2.05, 4.69) is 28.7 Å². The molecule has 4 nitrogen and oxygen atoms in total. The van der Waals surface area contributed by atoms with E-state index in [4.69, 9.17) is 5.73 Å². The fourth-order valence-electron chi connectivity index (χ4n) is 3.02. The van der Waals surface area contributed by atoms with E-state index in [1.54, 1.807) is 6.33 Å². The normalized spacial score (nSPS) is 16.8. The minimum Gasteiger partial charge on any atom is -0.383 e. The van der Waals surface area contributed by atoms with Gasteiger partial charge in [-0.05, 0) is 25.2 Å². The van der Waals surface area contributed by atoms with Crippen LogP contribution in [0.15, 0.2) is 6.33 Å². The van der Waals surface area contributed by atoms with Crippen molar-refractivity contribution in [1.82, 2.24) is 9.97 Å². The van der Waals surface area contributed by atoms with Gasteiger partial charge in [-0.2, -0.15) is 0 Å². The number of nitrogen functional groups attached to an aromatic ring is 1. The molecule has 1 aliphatic heterocycles. The molecule has 0 saturated carbocycles. The third-order valence-electron chi connectivity index (χ3n) is 4.07. The summed E-state index contributed by atoms with van der Waals surface area (Å²) in [5.74, 6) is 2.63. The summed E-state index contributed by atoms with van der Waals surface area (Å²) in [4.78, 5) is 11.0. The first-order valence-corrected chi connectivity index (χ1v) is 7.60. The van der Waals surface area contributed by atoms with Gasteiger partial charge >= 0.3 is 0 Å². The molecular weight excluding hydrogens is 236 g/mol. The quantitative estimate of drug-likeness (QED) is 0.886. The maximum Gasteiger partial charge on any atom is 0.137 e. The maximum absolute atomic E-state index is 6.01. The van der Waals surface area contributed by atoms with Crippen molar-refractivity contribution in [1.29, 1.82) is 0 Å². The van der Waals surface area contributed by atoms with Crippen LogP contribution in [0.5, 0.6) is 0 Å².